The number of hydrogen-bond donors (Lipinski definition) is 2. The first-order chi connectivity index (χ1) is 12.8. The van der Waals surface area contributed by atoms with Crippen molar-refractivity contribution in [3.05, 3.63) is 50.1 Å². The number of aryl methyl sites for hydroxylation is 1. The summed E-state index contributed by atoms with van der Waals surface area (Å²) in [5.74, 6) is -0.664. The van der Waals surface area contributed by atoms with Gasteiger partial charge < -0.3 is 15.5 Å². The van der Waals surface area contributed by atoms with E-state index < -0.39 is 0 Å². The third kappa shape index (κ3) is 5.17. The number of anilines is 1. The molecule has 0 bridgehead atoms. The van der Waals surface area contributed by atoms with E-state index in [1.54, 1.807) is 37.4 Å². The summed E-state index contributed by atoms with van der Waals surface area (Å²) in [5, 5.41) is 5.73. The molecule has 0 aliphatic heterocycles. The summed E-state index contributed by atoms with van der Waals surface area (Å²) < 4.78 is 0.862. The van der Waals surface area contributed by atoms with E-state index in [0.29, 0.717) is 16.1 Å². The number of amides is 3. The van der Waals surface area contributed by atoms with Crippen molar-refractivity contribution in [1.29, 1.82) is 0 Å². The number of carbonyl (C=O) groups is 3. The maximum atomic E-state index is 12.4. The summed E-state index contributed by atoms with van der Waals surface area (Å²) in [7, 11) is 1.59. The van der Waals surface area contributed by atoms with Crippen LogP contribution in [0.1, 0.15) is 38.4 Å². The van der Waals surface area contributed by atoms with Gasteiger partial charge in [-0.15, -0.1) is 11.3 Å². The number of nitrogens with zero attached hydrogens (tertiary/aromatic N) is 1. The minimum absolute atomic E-state index is 0.0771. The third-order valence-corrected chi connectivity index (χ3v) is 5.81. The van der Waals surface area contributed by atoms with Gasteiger partial charge in [0.25, 0.3) is 11.8 Å². The van der Waals surface area contributed by atoms with Gasteiger partial charge in [-0.05, 0) is 65.5 Å². The van der Waals surface area contributed by atoms with E-state index in [1.807, 2.05) is 6.92 Å². The molecule has 0 atom stereocenters. The molecule has 3 rings (SSSR count). The molecular weight excluding hydrogens is 430 g/mol. The van der Waals surface area contributed by atoms with Crippen LogP contribution in [-0.4, -0.2) is 42.3 Å². The van der Waals surface area contributed by atoms with Crippen LogP contribution in [0.15, 0.2) is 34.1 Å². The molecule has 8 heteroatoms. The quantitative estimate of drug-likeness (QED) is 0.708. The van der Waals surface area contributed by atoms with Gasteiger partial charge in [0.05, 0.1) is 15.2 Å². The van der Waals surface area contributed by atoms with Gasteiger partial charge in [0.1, 0.15) is 0 Å². The molecule has 0 unspecified atom stereocenters. The second-order valence-corrected chi connectivity index (χ2v) is 9.05. The van der Waals surface area contributed by atoms with E-state index in [0.717, 1.165) is 22.2 Å². The van der Waals surface area contributed by atoms with Crippen molar-refractivity contribution in [1.82, 2.24) is 10.2 Å². The summed E-state index contributed by atoms with van der Waals surface area (Å²) >= 11 is 4.65. The van der Waals surface area contributed by atoms with Crippen molar-refractivity contribution in [3.63, 3.8) is 0 Å². The molecule has 0 spiro atoms. The number of rotatable bonds is 6. The van der Waals surface area contributed by atoms with Gasteiger partial charge in [0.2, 0.25) is 5.91 Å². The molecule has 1 aliphatic rings. The Bertz CT molecular complexity index is 892. The molecule has 27 heavy (non-hydrogen) atoms. The maximum Gasteiger partial charge on any atom is 0.264 e. The molecule has 0 radical (unpaired) electrons. The predicted molar refractivity (Wildman–Crippen MR) is 109 cm³/mol. The van der Waals surface area contributed by atoms with Gasteiger partial charge in [0.15, 0.2) is 0 Å². The second-order valence-electron chi connectivity index (χ2n) is 6.59. The van der Waals surface area contributed by atoms with Crippen LogP contribution in [0.4, 0.5) is 5.69 Å². The van der Waals surface area contributed by atoms with Gasteiger partial charge in [-0.3, -0.25) is 14.4 Å². The zero-order valence-corrected chi connectivity index (χ0v) is 17.4. The van der Waals surface area contributed by atoms with E-state index in [-0.39, 0.29) is 30.3 Å². The molecule has 142 valence electrons. The SMILES string of the molecule is Cc1ccc(C(=O)NC2CC2)cc1NC(=O)CN(C)C(=O)c1ccc(Br)s1. The first-order valence-electron chi connectivity index (χ1n) is 8.55. The lowest BCUT2D eigenvalue weighted by Gasteiger charge is -2.17. The lowest BCUT2D eigenvalue weighted by molar-refractivity contribution is -0.116. The Balaban J connectivity index is 1.62. The molecular formula is C19H20BrN3O3S. The Kier molecular flexibility index (Phi) is 5.96. The number of hydrogen-bond acceptors (Lipinski definition) is 4. The van der Waals surface area contributed by atoms with Gasteiger partial charge in [-0.2, -0.15) is 0 Å². The number of nitrogens with one attached hydrogen (secondary N) is 2. The van der Waals surface area contributed by atoms with E-state index >= 15 is 0 Å². The van der Waals surface area contributed by atoms with Gasteiger partial charge in [-0.1, -0.05) is 6.07 Å². The second kappa shape index (κ2) is 8.22. The van der Waals surface area contributed by atoms with Crippen LogP contribution in [0.3, 0.4) is 0 Å². The Morgan fingerprint density at radius 3 is 2.59 bits per heavy atom. The van der Waals surface area contributed by atoms with Crippen LogP contribution in [0.2, 0.25) is 0 Å². The average Bonchev–Trinajstić information content (AvgIpc) is 3.33. The Morgan fingerprint density at radius 2 is 1.96 bits per heavy atom. The van der Waals surface area contributed by atoms with Gasteiger partial charge in [0, 0.05) is 24.3 Å². The molecule has 6 nitrogen and oxygen atoms in total. The van der Waals surface area contributed by atoms with Crippen LogP contribution in [0, 0.1) is 6.92 Å². The molecule has 2 N–H and O–H groups in total. The van der Waals surface area contributed by atoms with Crippen LogP contribution in [0.25, 0.3) is 0 Å². The molecule has 1 saturated carbocycles. The van der Waals surface area contributed by atoms with Crippen molar-refractivity contribution < 1.29 is 14.4 Å². The highest BCUT2D eigenvalue weighted by Gasteiger charge is 2.24. The molecule has 1 fully saturated rings. The first-order valence-corrected chi connectivity index (χ1v) is 10.2. The topological polar surface area (TPSA) is 78.5 Å². The lowest BCUT2D eigenvalue weighted by atomic mass is 10.1. The zero-order chi connectivity index (χ0) is 19.6. The third-order valence-electron chi connectivity index (χ3n) is 4.20. The fraction of sp³-hybridized carbons (Fsp3) is 0.316. The number of benzene rings is 1. The van der Waals surface area contributed by atoms with Crippen molar-refractivity contribution in [3.8, 4) is 0 Å². The maximum absolute atomic E-state index is 12.4. The van der Waals surface area contributed by atoms with Crippen LogP contribution < -0.4 is 10.6 Å². The monoisotopic (exact) mass is 449 g/mol. The molecule has 0 saturated heterocycles. The Hall–Kier alpha value is -2.19. The van der Waals surface area contributed by atoms with E-state index in [1.165, 1.54) is 16.2 Å². The standard InChI is InChI=1S/C19H20BrN3O3S/c1-11-3-4-12(18(25)21-13-5-6-13)9-14(11)22-17(24)10-23(2)19(26)15-7-8-16(20)27-15/h3-4,7-9,13H,5-6,10H2,1-2H3,(H,21,25)(H,22,24). The summed E-state index contributed by atoms with van der Waals surface area (Å²) in [4.78, 5) is 38.8. The minimum atomic E-state index is -0.315. The van der Waals surface area contributed by atoms with Crippen molar-refractivity contribution in [2.75, 3.05) is 18.9 Å². The van der Waals surface area contributed by atoms with Crippen molar-refractivity contribution >= 4 is 50.7 Å². The minimum Gasteiger partial charge on any atom is -0.349 e. The fourth-order valence-electron chi connectivity index (χ4n) is 2.49. The largest absolute Gasteiger partial charge is 0.349 e. The van der Waals surface area contributed by atoms with Gasteiger partial charge >= 0.3 is 0 Å². The van der Waals surface area contributed by atoms with Crippen molar-refractivity contribution in [2.45, 2.75) is 25.8 Å². The highest BCUT2D eigenvalue weighted by Crippen LogP contribution is 2.23. The summed E-state index contributed by atoms with van der Waals surface area (Å²) in [6, 6.07) is 9.00. The van der Waals surface area contributed by atoms with Crippen molar-refractivity contribution in [2.24, 2.45) is 0 Å². The Morgan fingerprint density at radius 1 is 1.22 bits per heavy atom. The Labute approximate surface area is 170 Å². The van der Waals surface area contributed by atoms with Crippen LogP contribution >= 0.6 is 27.3 Å². The normalized spacial score (nSPS) is 13.1. The summed E-state index contributed by atoms with van der Waals surface area (Å²) in [5.41, 5.74) is 1.93. The molecule has 1 aliphatic carbocycles. The summed E-state index contributed by atoms with van der Waals surface area (Å²) in [6.45, 7) is 1.78. The molecule has 2 aromatic rings. The number of thiophene rings is 1. The number of likely N-dealkylation sites (N-methyl/N-ethyl adjacent to an activating group) is 1. The molecule has 1 heterocycles. The molecule has 3 amide bonds. The first kappa shape index (κ1) is 19.6. The number of carbonyl (C=O) groups excluding carboxylic acids is 3. The fourth-order valence-corrected chi connectivity index (χ4v) is 3.87. The predicted octanol–water partition coefficient (Wildman–Crippen LogP) is 3.42. The average molecular weight is 450 g/mol. The highest BCUT2D eigenvalue weighted by atomic mass is 79.9. The van der Waals surface area contributed by atoms with E-state index in [9.17, 15) is 14.4 Å². The van der Waals surface area contributed by atoms with E-state index in [2.05, 4.69) is 26.6 Å². The van der Waals surface area contributed by atoms with Crippen LogP contribution in [0.5, 0.6) is 0 Å². The summed E-state index contributed by atoms with van der Waals surface area (Å²) in [6.07, 6.45) is 2.03. The molecule has 1 aromatic heterocycles. The smallest absolute Gasteiger partial charge is 0.264 e. The lowest BCUT2D eigenvalue weighted by Crippen LogP contribution is -2.34. The highest BCUT2D eigenvalue weighted by molar-refractivity contribution is 9.11. The van der Waals surface area contributed by atoms with E-state index in [4.69, 9.17) is 0 Å². The van der Waals surface area contributed by atoms with Gasteiger partial charge in [-0.25, -0.2) is 0 Å². The zero-order valence-electron chi connectivity index (χ0n) is 15.0. The van der Waals surface area contributed by atoms with Crippen LogP contribution in [-0.2, 0) is 4.79 Å². The molecule has 1 aromatic carbocycles. The number of halogens is 1.